The Labute approximate surface area is 104 Å². The second-order valence-corrected chi connectivity index (χ2v) is 4.96. The van der Waals surface area contributed by atoms with Crippen molar-refractivity contribution in [2.45, 2.75) is 32.2 Å². The summed E-state index contributed by atoms with van der Waals surface area (Å²) in [4.78, 5) is 7.02. The van der Waals surface area contributed by atoms with Crippen molar-refractivity contribution in [3.63, 3.8) is 0 Å². The number of likely N-dealkylation sites (N-methyl/N-ethyl adjacent to an activating group) is 1. The van der Waals surface area contributed by atoms with Crippen LogP contribution < -0.4 is 5.32 Å². The molecule has 1 aromatic rings. The Morgan fingerprint density at radius 1 is 1.35 bits per heavy atom. The minimum absolute atomic E-state index is 0.464. The predicted molar refractivity (Wildman–Crippen MR) is 70.0 cm³/mol. The predicted octanol–water partition coefficient (Wildman–Crippen LogP) is 1.47. The van der Waals surface area contributed by atoms with Crippen LogP contribution in [-0.4, -0.2) is 41.1 Å². The van der Waals surface area contributed by atoms with Crippen LogP contribution in [0.25, 0.3) is 0 Å². The molecule has 0 radical (unpaired) electrons. The molecule has 1 aliphatic heterocycles. The zero-order chi connectivity index (χ0) is 12.3. The van der Waals surface area contributed by atoms with E-state index in [9.17, 15) is 0 Å². The van der Waals surface area contributed by atoms with Crippen LogP contribution in [0.3, 0.4) is 0 Å². The Morgan fingerprint density at radius 2 is 2.06 bits per heavy atom. The van der Waals surface area contributed by atoms with Gasteiger partial charge >= 0.3 is 0 Å². The average molecular weight is 236 g/mol. The van der Waals surface area contributed by atoms with E-state index < -0.39 is 0 Å². The zero-order valence-electron chi connectivity index (χ0n) is 11.2. The third-order valence-corrected chi connectivity index (χ3v) is 3.83. The summed E-state index contributed by atoms with van der Waals surface area (Å²) >= 11 is 0. The summed E-state index contributed by atoms with van der Waals surface area (Å²) in [5.41, 5.74) is 1.33. The number of rotatable bonds is 4. The highest BCUT2D eigenvalue weighted by Crippen LogP contribution is 2.24. The van der Waals surface area contributed by atoms with Gasteiger partial charge in [-0.2, -0.15) is 0 Å². The molecular weight excluding hydrogens is 212 g/mol. The van der Waals surface area contributed by atoms with Crippen molar-refractivity contribution in [2.75, 3.05) is 26.7 Å². The van der Waals surface area contributed by atoms with Gasteiger partial charge in [0.25, 0.3) is 0 Å². The highest BCUT2D eigenvalue weighted by atomic mass is 15.2. The highest BCUT2D eigenvalue weighted by molar-refractivity contribution is 5.10. The van der Waals surface area contributed by atoms with Gasteiger partial charge in [0, 0.05) is 13.6 Å². The molecule has 1 aliphatic rings. The lowest BCUT2D eigenvalue weighted by Crippen LogP contribution is -2.39. The quantitative estimate of drug-likeness (QED) is 0.859. The first-order valence-electron chi connectivity index (χ1n) is 6.61. The van der Waals surface area contributed by atoms with Crippen LogP contribution in [0.15, 0.2) is 6.20 Å². The van der Waals surface area contributed by atoms with E-state index in [1.165, 1.54) is 38.0 Å². The number of likely N-dealkylation sites (tertiary alicyclic amines) is 1. The highest BCUT2D eigenvalue weighted by Gasteiger charge is 2.24. The van der Waals surface area contributed by atoms with Crippen LogP contribution in [0.2, 0.25) is 0 Å². The van der Waals surface area contributed by atoms with Gasteiger partial charge in [-0.3, -0.25) is 4.90 Å². The molecule has 0 saturated carbocycles. The van der Waals surface area contributed by atoms with Crippen molar-refractivity contribution in [1.82, 2.24) is 19.8 Å². The molecule has 2 rings (SSSR count). The van der Waals surface area contributed by atoms with Gasteiger partial charge in [-0.1, -0.05) is 6.42 Å². The Bertz CT molecular complexity index is 352. The Hall–Kier alpha value is -0.870. The molecule has 1 unspecified atom stereocenters. The van der Waals surface area contributed by atoms with Crippen LogP contribution in [0, 0.1) is 6.92 Å². The monoisotopic (exact) mass is 236 g/mol. The average Bonchev–Trinajstić information content (AvgIpc) is 2.69. The molecule has 4 nitrogen and oxygen atoms in total. The molecule has 1 aromatic heterocycles. The van der Waals surface area contributed by atoms with Crippen LogP contribution in [0.1, 0.15) is 36.8 Å². The first-order chi connectivity index (χ1) is 8.24. The number of aryl methyl sites for hydroxylation is 1. The van der Waals surface area contributed by atoms with Crippen LogP contribution >= 0.6 is 0 Å². The number of aromatic nitrogens is 2. The summed E-state index contributed by atoms with van der Waals surface area (Å²) < 4.78 is 2.22. The lowest BCUT2D eigenvalue weighted by molar-refractivity contribution is 0.157. The molecule has 0 spiro atoms. The second kappa shape index (κ2) is 5.65. The molecule has 0 amide bonds. The fourth-order valence-corrected chi connectivity index (χ4v) is 2.67. The van der Waals surface area contributed by atoms with E-state index in [1.54, 1.807) is 0 Å². The maximum Gasteiger partial charge on any atom is 0.105 e. The Balaban J connectivity index is 2.18. The molecule has 1 N–H and O–H groups in total. The second-order valence-electron chi connectivity index (χ2n) is 4.96. The van der Waals surface area contributed by atoms with Gasteiger partial charge in [0.2, 0.25) is 0 Å². The van der Waals surface area contributed by atoms with Gasteiger partial charge < -0.3 is 9.88 Å². The van der Waals surface area contributed by atoms with Crippen molar-refractivity contribution in [2.24, 2.45) is 7.05 Å². The third kappa shape index (κ3) is 2.69. The fourth-order valence-electron chi connectivity index (χ4n) is 2.67. The first kappa shape index (κ1) is 12.6. The molecule has 1 atom stereocenters. The number of nitrogens with zero attached hydrogens (tertiary/aromatic N) is 3. The lowest BCUT2D eigenvalue weighted by atomic mass is 10.1. The van der Waals surface area contributed by atoms with E-state index in [0.717, 1.165) is 12.4 Å². The van der Waals surface area contributed by atoms with Crippen molar-refractivity contribution in [3.05, 3.63) is 17.7 Å². The third-order valence-electron chi connectivity index (χ3n) is 3.83. The number of hydrogen-bond acceptors (Lipinski definition) is 3. The van der Waals surface area contributed by atoms with Crippen LogP contribution in [0.5, 0.6) is 0 Å². The maximum absolute atomic E-state index is 4.42. The van der Waals surface area contributed by atoms with E-state index >= 15 is 0 Å². The van der Waals surface area contributed by atoms with Crippen molar-refractivity contribution < 1.29 is 0 Å². The number of piperidine rings is 1. The van der Waals surface area contributed by atoms with Gasteiger partial charge in [-0.15, -0.1) is 0 Å². The minimum Gasteiger partial charge on any atom is -0.334 e. The first-order valence-corrected chi connectivity index (χ1v) is 6.61. The molecular formula is C13H24N4. The molecule has 0 aromatic carbocycles. The van der Waals surface area contributed by atoms with E-state index in [0.29, 0.717) is 6.04 Å². The lowest BCUT2D eigenvalue weighted by Gasteiger charge is -2.34. The molecule has 17 heavy (non-hydrogen) atoms. The summed E-state index contributed by atoms with van der Waals surface area (Å²) in [6, 6.07) is 0.464. The summed E-state index contributed by atoms with van der Waals surface area (Å²) in [6.45, 7) is 5.50. The molecule has 1 fully saturated rings. The summed E-state index contributed by atoms with van der Waals surface area (Å²) in [7, 11) is 4.14. The van der Waals surface area contributed by atoms with Gasteiger partial charge in [0.05, 0.1) is 17.9 Å². The van der Waals surface area contributed by atoms with Gasteiger partial charge in [-0.05, 0) is 39.9 Å². The number of nitrogens with one attached hydrogen (secondary N) is 1. The largest absolute Gasteiger partial charge is 0.334 e. The summed E-state index contributed by atoms with van der Waals surface area (Å²) in [5, 5.41) is 3.32. The van der Waals surface area contributed by atoms with E-state index in [4.69, 9.17) is 0 Å². The van der Waals surface area contributed by atoms with Crippen molar-refractivity contribution in [1.29, 1.82) is 0 Å². The minimum atomic E-state index is 0.464. The molecule has 2 heterocycles. The van der Waals surface area contributed by atoms with Crippen LogP contribution in [-0.2, 0) is 7.05 Å². The topological polar surface area (TPSA) is 33.1 Å². The zero-order valence-corrected chi connectivity index (χ0v) is 11.2. The molecule has 1 saturated heterocycles. The molecule has 96 valence electrons. The summed E-state index contributed by atoms with van der Waals surface area (Å²) in [5.74, 6) is 1.10. The molecule has 0 bridgehead atoms. The Morgan fingerprint density at radius 3 is 2.59 bits per heavy atom. The van der Waals surface area contributed by atoms with Gasteiger partial charge in [-0.25, -0.2) is 4.98 Å². The molecule has 4 heteroatoms. The van der Waals surface area contributed by atoms with Crippen LogP contribution in [0.4, 0.5) is 0 Å². The van der Waals surface area contributed by atoms with E-state index in [2.05, 4.69) is 33.7 Å². The fraction of sp³-hybridized carbons (Fsp3) is 0.769. The van der Waals surface area contributed by atoms with E-state index in [-0.39, 0.29) is 0 Å². The van der Waals surface area contributed by atoms with Crippen molar-refractivity contribution in [3.8, 4) is 0 Å². The van der Waals surface area contributed by atoms with E-state index in [1.807, 2.05) is 13.2 Å². The standard InChI is InChI=1S/C13H24N4/c1-11-15-10-12(16(11)3)13(9-14-2)17-7-5-4-6-8-17/h10,13-14H,4-9H2,1-3H3. The van der Waals surface area contributed by atoms with Crippen molar-refractivity contribution >= 4 is 0 Å². The maximum atomic E-state index is 4.42. The SMILES string of the molecule is CNCC(c1cnc(C)n1C)N1CCCCC1. The molecule has 0 aliphatic carbocycles. The Kier molecular flexibility index (Phi) is 4.18. The van der Waals surface area contributed by atoms with Gasteiger partial charge in [0.1, 0.15) is 5.82 Å². The normalized spacial score (nSPS) is 19.5. The van der Waals surface area contributed by atoms with Gasteiger partial charge in [0.15, 0.2) is 0 Å². The summed E-state index contributed by atoms with van der Waals surface area (Å²) in [6.07, 6.45) is 6.08. The number of imidazole rings is 1. The number of hydrogen-bond donors (Lipinski definition) is 1. The smallest absolute Gasteiger partial charge is 0.105 e.